The van der Waals surface area contributed by atoms with Crippen molar-refractivity contribution in [3.63, 3.8) is 0 Å². The number of ether oxygens (including phenoxy) is 2. The van der Waals surface area contributed by atoms with Crippen molar-refractivity contribution in [1.82, 2.24) is 15.0 Å². The summed E-state index contributed by atoms with van der Waals surface area (Å²) in [7, 11) is -1.45. The van der Waals surface area contributed by atoms with Gasteiger partial charge in [-0.3, -0.25) is 4.98 Å². The van der Waals surface area contributed by atoms with Gasteiger partial charge in [0.25, 0.3) is 10.0 Å². The molecule has 0 spiro atoms. The van der Waals surface area contributed by atoms with E-state index in [0.717, 1.165) is 18.6 Å². The van der Waals surface area contributed by atoms with Crippen molar-refractivity contribution >= 4 is 16.1 Å². The van der Waals surface area contributed by atoms with Crippen molar-refractivity contribution in [1.29, 1.82) is 0 Å². The quantitative estimate of drug-likeness (QED) is 0.676. The van der Waals surface area contributed by atoms with E-state index in [2.05, 4.69) is 10.3 Å². The van der Waals surface area contributed by atoms with Gasteiger partial charge in [-0.25, -0.2) is 17.9 Å². The number of aryl methyl sites for hydroxylation is 1. The highest BCUT2D eigenvalue weighted by Crippen LogP contribution is 2.31. The Bertz CT molecular complexity index is 1030. The second-order valence-electron chi connectivity index (χ2n) is 6.10. The normalized spacial score (nSPS) is 11.7. The molecule has 0 aliphatic heterocycles. The van der Waals surface area contributed by atoms with Crippen LogP contribution in [-0.4, -0.2) is 40.2 Å². The number of methoxy groups -OCH3 is 2. The highest BCUT2D eigenvalue weighted by molar-refractivity contribution is 7.90. The Morgan fingerprint density at radius 3 is 2.47 bits per heavy atom. The fourth-order valence-corrected chi connectivity index (χ4v) is 3.63. The molecule has 12 heteroatoms. The minimum atomic E-state index is -4.71. The molecule has 30 heavy (non-hydrogen) atoms. The van der Waals surface area contributed by atoms with Gasteiger partial charge in [-0.05, 0) is 36.6 Å². The Balaban J connectivity index is 2.02. The summed E-state index contributed by atoms with van der Waals surface area (Å²) < 4.78 is 75.0. The molecule has 8 nitrogen and oxygen atoms in total. The van der Waals surface area contributed by atoms with Crippen LogP contribution in [0.3, 0.4) is 0 Å². The number of amides is 2. The summed E-state index contributed by atoms with van der Waals surface area (Å²) in [5.74, 6) is 0.994. The maximum Gasteiger partial charge on any atom is 0.433 e. The van der Waals surface area contributed by atoms with Crippen LogP contribution in [0.5, 0.6) is 11.5 Å². The standard InChI is InChI=1S/C18H20F3N3O5S/c1-11-9-13(10-23-16(11)18(19,20)21)30(26,27)24-17(25)22-8-7-12-5-4-6-14(28-2)15(12)29-3/h4-6,9-10H,7-8H2,1-3H3,(H2,22,24,25). The van der Waals surface area contributed by atoms with Gasteiger partial charge in [-0.2, -0.15) is 13.2 Å². The van der Waals surface area contributed by atoms with Crippen molar-refractivity contribution in [3.8, 4) is 11.5 Å². The average Bonchev–Trinajstić information content (AvgIpc) is 2.66. The first-order valence-electron chi connectivity index (χ1n) is 8.54. The maximum absolute atomic E-state index is 12.8. The molecular formula is C18H20F3N3O5S. The van der Waals surface area contributed by atoms with E-state index in [-0.39, 0.29) is 12.1 Å². The second-order valence-corrected chi connectivity index (χ2v) is 7.78. The number of para-hydroxylation sites is 1. The smallest absolute Gasteiger partial charge is 0.433 e. The topological polar surface area (TPSA) is 107 Å². The molecule has 0 saturated heterocycles. The third-order valence-electron chi connectivity index (χ3n) is 4.02. The molecule has 0 aliphatic rings. The lowest BCUT2D eigenvalue weighted by molar-refractivity contribution is -0.141. The number of rotatable bonds is 7. The number of aromatic nitrogens is 1. The summed E-state index contributed by atoms with van der Waals surface area (Å²) in [5.41, 5.74) is -0.850. The first kappa shape index (κ1) is 23.3. The van der Waals surface area contributed by atoms with E-state index < -0.39 is 32.8 Å². The Labute approximate surface area is 171 Å². The number of carbonyl (C=O) groups is 1. The van der Waals surface area contributed by atoms with E-state index in [4.69, 9.17) is 9.47 Å². The monoisotopic (exact) mass is 447 g/mol. The maximum atomic E-state index is 12.8. The molecule has 164 valence electrons. The molecule has 0 radical (unpaired) electrons. The third kappa shape index (κ3) is 5.53. The molecular weight excluding hydrogens is 427 g/mol. The number of alkyl halides is 3. The van der Waals surface area contributed by atoms with Gasteiger partial charge < -0.3 is 14.8 Å². The van der Waals surface area contributed by atoms with Gasteiger partial charge in [0.2, 0.25) is 0 Å². The molecule has 0 aliphatic carbocycles. The number of sulfonamides is 1. The molecule has 2 aromatic rings. The highest BCUT2D eigenvalue weighted by Gasteiger charge is 2.35. The lowest BCUT2D eigenvalue weighted by Gasteiger charge is -2.13. The number of nitrogens with zero attached hydrogens (tertiary/aromatic N) is 1. The second kappa shape index (κ2) is 9.20. The lowest BCUT2D eigenvalue weighted by Crippen LogP contribution is -2.40. The fourth-order valence-electron chi connectivity index (χ4n) is 2.67. The summed E-state index contributed by atoms with van der Waals surface area (Å²) in [6.07, 6.45) is -3.85. The number of carbonyl (C=O) groups excluding carboxylic acids is 1. The minimum Gasteiger partial charge on any atom is -0.493 e. The zero-order valence-electron chi connectivity index (χ0n) is 16.3. The summed E-state index contributed by atoms with van der Waals surface area (Å²) >= 11 is 0. The molecule has 0 unspecified atom stereocenters. The van der Waals surface area contributed by atoms with Crippen molar-refractivity contribution in [2.45, 2.75) is 24.4 Å². The van der Waals surface area contributed by atoms with E-state index in [1.165, 1.54) is 14.2 Å². The SMILES string of the molecule is COc1cccc(CCNC(=O)NS(=O)(=O)c2cnc(C(F)(F)F)c(C)c2)c1OC. The van der Waals surface area contributed by atoms with Gasteiger partial charge in [0.1, 0.15) is 10.6 Å². The molecule has 0 atom stereocenters. The summed E-state index contributed by atoms with van der Waals surface area (Å²) in [5, 5.41) is 2.37. The molecule has 0 fully saturated rings. The van der Waals surface area contributed by atoms with Crippen LogP contribution in [0.2, 0.25) is 0 Å². The largest absolute Gasteiger partial charge is 0.493 e. The van der Waals surface area contributed by atoms with Crippen LogP contribution in [0.1, 0.15) is 16.8 Å². The Hall–Kier alpha value is -3.02. The van der Waals surface area contributed by atoms with Crippen LogP contribution in [0.25, 0.3) is 0 Å². The molecule has 2 rings (SSSR count). The lowest BCUT2D eigenvalue weighted by atomic mass is 10.1. The highest BCUT2D eigenvalue weighted by atomic mass is 32.2. The summed E-state index contributed by atoms with van der Waals surface area (Å²) in [6.45, 7) is 1.14. The van der Waals surface area contributed by atoms with Crippen LogP contribution < -0.4 is 19.5 Å². The molecule has 2 N–H and O–H groups in total. The van der Waals surface area contributed by atoms with Crippen molar-refractivity contribution in [2.24, 2.45) is 0 Å². The average molecular weight is 447 g/mol. The summed E-state index contributed by atoms with van der Waals surface area (Å²) in [4.78, 5) is 14.6. The number of benzene rings is 1. The van der Waals surface area contributed by atoms with Crippen molar-refractivity contribution in [3.05, 3.63) is 47.3 Å². The number of pyridine rings is 1. The van der Waals surface area contributed by atoms with Crippen LogP contribution in [-0.2, 0) is 22.6 Å². The molecule has 1 heterocycles. The van der Waals surface area contributed by atoms with Gasteiger partial charge in [0, 0.05) is 12.7 Å². The predicted octanol–water partition coefficient (Wildman–Crippen LogP) is 2.66. The third-order valence-corrected chi connectivity index (χ3v) is 5.32. The van der Waals surface area contributed by atoms with Crippen LogP contribution in [0.15, 0.2) is 35.4 Å². The number of nitrogens with one attached hydrogen (secondary N) is 2. The van der Waals surface area contributed by atoms with Crippen LogP contribution in [0, 0.1) is 6.92 Å². The number of urea groups is 1. The minimum absolute atomic E-state index is 0.0647. The summed E-state index contributed by atoms with van der Waals surface area (Å²) in [6, 6.07) is 4.96. The van der Waals surface area contributed by atoms with Crippen molar-refractivity contribution in [2.75, 3.05) is 20.8 Å². The zero-order chi connectivity index (χ0) is 22.5. The van der Waals surface area contributed by atoms with E-state index in [9.17, 15) is 26.4 Å². The van der Waals surface area contributed by atoms with E-state index in [1.807, 2.05) is 0 Å². The fraction of sp³-hybridized carbons (Fsp3) is 0.333. The zero-order valence-corrected chi connectivity index (χ0v) is 17.1. The van der Waals surface area contributed by atoms with E-state index >= 15 is 0 Å². The van der Waals surface area contributed by atoms with Crippen LogP contribution >= 0.6 is 0 Å². The number of halogens is 3. The van der Waals surface area contributed by atoms with Gasteiger partial charge in [0.15, 0.2) is 11.5 Å². The molecule has 1 aromatic heterocycles. The molecule has 1 aromatic carbocycles. The number of hydrogen-bond acceptors (Lipinski definition) is 6. The van der Waals surface area contributed by atoms with Gasteiger partial charge >= 0.3 is 12.2 Å². The number of hydrogen-bond donors (Lipinski definition) is 2. The van der Waals surface area contributed by atoms with E-state index in [1.54, 1.807) is 22.9 Å². The first-order valence-corrected chi connectivity index (χ1v) is 10.0. The first-order chi connectivity index (χ1) is 14.0. The predicted molar refractivity (Wildman–Crippen MR) is 101 cm³/mol. The van der Waals surface area contributed by atoms with Crippen molar-refractivity contribution < 1.29 is 35.9 Å². The van der Waals surface area contributed by atoms with Gasteiger partial charge in [-0.15, -0.1) is 0 Å². The molecule has 0 bridgehead atoms. The van der Waals surface area contributed by atoms with Crippen LogP contribution in [0.4, 0.5) is 18.0 Å². The van der Waals surface area contributed by atoms with E-state index in [0.29, 0.717) is 24.1 Å². The van der Waals surface area contributed by atoms with Gasteiger partial charge in [0.05, 0.1) is 14.2 Å². The molecule has 2 amide bonds. The van der Waals surface area contributed by atoms with Gasteiger partial charge in [-0.1, -0.05) is 12.1 Å². The Morgan fingerprint density at radius 2 is 1.90 bits per heavy atom. The Kier molecular flexibility index (Phi) is 7.13. The molecule has 0 saturated carbocycles. The Morgan fingerprint density at radius 1 is 1.20 bits per heavy atom.